The van der Waals surface area contributed by atoms with Crippen molar-refractivity contribution in [3.63, 3.8) is 0 Å². The van der Waals surface area contributed by atoms with Gasteiger partial charge in [0.1, 0.15) is 0 Å². The Morgan fingerprint density at radius 3 is 2.14 bits per heavy atom. The van der Waals surface area contributed by atoms with Crippen molar-refractivity contribution in [2.75, 3.05) is 24.6 Å². The highest BCUT2D eigenvalue weighted by Crippen LogP contribution is 2.21. The molecule has 0 radical (unpaired) electrons. The predicted molar refractivity (Wildman–Crippen MR) is 57.1 cm³/mol. The molecule has 0 amide bonds. The Kier molecular flexibility index (Phi) is 3.12. The van der Waals surface area contributed by atoms with Crippen LogP contribution in [-0.2, 0) is 9.84 Å². The van der Waals surface area contributed by atoms with Crippen molar-refractivity contribution >= 4 is 9.84 Å². The summed E-state index contributed by atoms with van der Waals surface area (Å²) in [5, 5.41) is 0. The Morgan fingerprint density at radius 2 is 1.64 bits per heavy atom. The molecule has 0 aliphatic carbocycles. The Labute approximate surface area is 86.4 Å². The summed E-state index contributed by atoms with van der Waals surface area (Å²) >= 11 is 0. The molecular weight excluding hydrogens is 198 g/mol. The minimum atomic E-state index is -2.70. The molecule has 82 valence electrons. The van der Waals surface area contributed by atoms with E-state index in [0.717, 1.165) is 19.5 Å². The van der Waals surface area contributed by atoms with Crippen LogP contribution in [0, 0.1) is 0 Å². The molecule has 14 heavy (non-hydrogen) atoms. The van der Waals surface area contributed by atoms with Gasteiger partial charge < -0.3 is 0 Å². The zero-order valence-corrected chi connectivity index (χ0v) is 9.43. The number of hydrogen-bond donors (Lipinski definition) is 0. The van der Waals surface area contributed by atoms with Gasteiger partial charge in [-0.15, -0.1) is 0 Å². The van der Waals surface area contributed by atoms with E-state index in [2.05, 4.69) is 4.90 Å². The Morgan fingerprint density at radius 1 is 1.00 bits per heavy atom. The molecule has 0 bridgehead atoms. The SMILES string of the molecule is O=S1(=O)CC[C@H](N2CCCCCC2)C1. The van der Waals surface area contributed by atoms with Crippen molar-refractivity contribution in [3.8, 4) is 0 Å². The zero-order valence-electron chi connectivity index (χ0n) is 8.61. The van der Waals surface area contributed by atoms with Crippen LogP contribution >= 0.6 is 0 Å². The number of rotatable bonds is 1. The fourth-order valence-corrected chi connectivity index (χ4v) is 4.29. The second-order valence-electron chi connectivity index (χ2n) is 4.51. The molecule has 0 unspecified atom stereocenters. The summed E-state index contributed by atoms with van der Waals surface area (Å²) in [6.07, 6.45) is 5.99. The van der Waals surface area contributed by atoms with Crippen molar-refractivity contribution < 1.29 is 8.42 Å². The predicted octanol–water partition coefficient (Wildman–Crippen LogP) is 1.05. The summed E-state index contributed by atoms with van der Waals surface area (Å²) in [4.78, 5) is 2.40. The van der Waals surface area contributed by atoms with Gasteiger partial charge >= 0.3 is 0 Å². The standard InChI is InChI=1S/C10H19NO2S/c12-14(13)8-5-10(9-14)11-6-3-1-2-4-7-11/h10H,1-9H2/t10-/m0/s1. The van der Waals surface area contributed by atoms with E-state index in [1.54, 1.807) is 0 Å². The van der Waals surface area contributed by atoms with E-state index in [-0.39, 0.29) is 0 Å². The van der Waals surface area contributed by atoms with Crippen LogP contribution in [0.3, 0.4) is 0 Å². The first-order chi connectivity index (χ1) is 6.67. The third-order valence-corrected chi connectivity index (χ3v) is 5.12. The molecule has 1 atom stereocenters. The van der Waals surface area contributed by atoms with E-state index in [0.29, 0.717) is 17.5 Å². The van der Waals surface area contributed by atoms with E-state index in [9.17, 15) is 8.42 Å². The van der Waals surface area contributed by atoms with Gasteiger partial charge in [-0.2, -0.15) is 0 Å². The fourth-order valence-electron chi connectivity index (χ4n) is 2.52. The van der Waals surface area contributed by atoms with Crippen LogP contribution in [0.5, 0.6) is 0 Å². The fraction of sp³-hybridized carbons (Fsp3) is 1.00. The first-order valence-electron chi connectivity index (χ1n) is 5.62. The molecule has 4 heteroatoms. The molecule has 0 aromatic carbocycles. The average Bonchev–Trinajstić information content (AvgIpc) is 2.42. The third-order valence-electron chi connectivity index (χ3n) is 3.37. The highest BCUT2D eigenvalue weighted by molar-refractivity contribution is 7.91. The van der Waals surface area contributed by atoms with Crippen molar-refractivity contribution in [3.05, 3.63) is 0 Å². The molecule has 0 saturated carbocycles. The van der Waals surface area contributed by atoms with Crippen LogP contribution in [0.4, 0.5) is 0 Å². The van der Waals surface area contributed by atoms with E-state index in [1.165, 1.54) is 25.7 Å². The molecule has 2 rings (SSSR count). The minimum Gasteiger partial charge on any atom is -0.299 e. The van der Waals surface area contributed by atoms with Crippen LogP contribution in [0.25, 0.3) is 0 Å². The Balaban J connectivity index is 1.94. The van der Waals surface area contributed by atoms with Gasteiger partial charge in [-0.3, -0.25) is 4.90 Å². The van der Waals surface area contributed by atoms with Gasteiger partial charge in [0.25, 0.3) is 0 Å². The van der Waals surface area contributed by atoms with E-state index in [1.807, 2.05) is 0 Å². The quantitative estimate of drug-likeness (QED) is 0.659. The molecule has 2 aliphatic rings. The summed E-state index contributed by atoms with van der Waals surface area (Å²) in [7, 11) is -2.70. The molecule has 0 N–H and O–H groups in total. The van der Waals surface area contributed by atoms with Gasteiger partial charge in [0, 0.05) is 6.04 Å². The second kappa shape index (κ2) is 4.19. The first-order valence-corrected chi connectivity index (χ1v) is 7.44. The monoisotopic (exact) mass is 217 g/mol. The second-order valence-corrected chi connectivity index (χ2v) is 6.74. The Bertz CT molecular complexity index is 278. The largest absolute Gasteiger partial charge is 0.299 e. The lowest BCUT2D eigenvalue weighted by Gasteiger charge is -2.25. The van der Waals surface area contributed by atoms with E-state index >= 15 is 0 Å². The maximum atomic E-state index is 11.3. The van der Waals surface area contributed by atoms with E-state index in [4.69, 9.17) is 0 Å². The van der Waals surface area contributed by atoms with Crippen molar-refractivity contribution in [2.24, 2.45) is 0 Å². The van der Waals surface area contributed by atoms with Crippen molar-refractivity contribution in [1.29, 1.82) is 0 Å². The van der Waals surface area contributed by atoms with E-state index < -0.39 is 9.84 Å². The van der Waals surface area contributed by atoms with Crippen LogP contribution < -0.4 is 0 Å². The lowest BCUT2D eigenvalue weighted by molar-refractivity contribution is 0.221. The number of likely N-dealkylation sites (tertiary alicyclic amines) is 1. The van der Waals surface area contributed by atoms with Gasteiger partial charge in [-0.25, -0.2) is 8.42 Å². The Hall–Kier alpha value is -0.0900. The maximum Gasteiger partial charge on any atom is 0.151 e. The van der Waals surface area contributed by atoms with Crippen LogP contribution in [-0.4, -0.2) is 44.0 Å². The lowest BCUT2D eigenvalue weighted by Crippen LogP contribution is -2.36. The third kappa shape index (κ3) is 2.48. The topological polar surface area (TPSA) is 37.4 Å². The summed E-state index contributed by atoms with van der Waals surface area (Å²) < 4.78 is 22.7. The number of nitrogens with zero attached hydrogens (tertiary/aromatic N) is 1. The maximum absolute atomic E-state index is 11.3. The smallest absolute Gasteiger partial charge is 0.151 e. The van der Waals surface area contributed by atoms with Crippen molar-refractivity contribution in [2.45, 2.75) is 38.1 Å². The van der Waals surface area contributed by atoms with Crippen LogP contribution in [0.1, 0.15) is 32.1 Å². The van der Waals surface area contributed by atoms with Gasteiger partial charge in [-0.05, 0) is 32.4 Å². The molecule has 3 nitrogen and oxygen atoms in total. The normalized spacial score (nSPS) is 34.1. The van der Waals surface area contributed by atoms with Gasteiger partial charge in [0.15, 0.2) is 9.84 Å². The van der Waals surface area contributed by atoms with Crippen molar-refractivity contribution in [1.82, 2.24) is 4.90 Å². The highest BCUT2D eigenvalue weighted by Gasteiger charge is 2.31. The molecule has 2 saturated heterocycles. The van der Waals surface area contributed by atoms with Crippen LogP contribution in [0.15, 0.2) is 0 Å². The summed E-state index contributed by atoms with van der Waals surface area (Å²) in [5.74, 6) is 0.821. The van der Waals surface area contributed by atoms with Gasteiger partial charge in [0.2, 0.25) is 0 Å². The zero-order chi connectivity index (χ0) is 10.0. The molecule has 2 aliphatic heterocycles. The summed E-state index contributed by atoms with van der Waals surface area (Å²) in [6, 6.07) is 0.332. The lowest BCUT2D eigenvalue weighted by atomic mass is 10.2. The molecule has 0 aromatic rings. The minimum absolute atomic E-state index is 0.332. The molecule has 2 heterocycles. The summed E-state index contributed by atoms with van der Waals surface area (Å²) in [6.45, 7) is 2.22. The van der Waals surface area contributed by atoms with Gasteiger partial charge in [0.05, 0.1) is 11.5 Å². The highest BCUT2D eigenvalue weighted by atomic mass is 32.2. The summed E-state index contributed by atoms with van der Waals surface area (Å²) in [5.41, 5.74) is 0. The molecule has 2 fully saturated rings. The van der Waals surface area contributed by atoms with Gasteiger partial charge in [-0.1, -0.05) is 12.8 Å². The number of sulfone groups is 1. The average molecular weight is 217 g/mol. The first kappa shape index (κ1) is 10.4. The molecule has 0 aromatic heterocycles. The van der Waals surface area contributed by atoms with Crippen LogP contribution in [0.2, 0.25) is 0 Å². The number of hydrogen-bond acceptors (Lipinski definition) is 3. The molecular formula is C10H19NO2S. The molecule has 0 spiro atoms.